The molecular weight excluding hydrogens is 270 g/mol. The number of hydrogen-bond acceptors (Lipinski definition) is 4. The van der Waals surface area contributed by atoms with Gasteiger partial charge in [-0.15, -0.1) is 0 Å². The number of hydrogen-bond donors (Lipinski definition) is 3. The Hall–Kier alpha value is -1.59. The smallest absolute Gasteiger partial charge is 0.220 e. The summed E-state index contributed by atoms with van der Waals surface area (Å²) in [4.78, 5) is 11.9. The van der Waals surface area contributed by atoms with Gasteiger partial charge in [0.25, 0.3) is 0 Å². The average molecular weight is 293 g/mol. The molecule has 2 rings (SSSR count). The number of methoxy groups -OCH3 is 1. The van der Waals surface area contributed by atoms with Crippen LogP contribution in [0.1, 0.15) is 24.8 Å². The SMILES string of the molecule is COc1ccc(CCC(=O)N[C@H]2C[C@@H](CO)[C@@H](O)C2)cc1. The van der Waals surface area contributed by atoms with E-state index in [1.54, 1.807) is 7.11 Å². The predicted molar refractivity (Wildman–Crippen MR) is 79.1 cm³/mol. The van der Waals surface area contributed by atoms with Gasteiger partial charge in [-0.1, -0.05) is 12.1 Å². The van der Waals surface area contributed by atoms with Crippen LogP contribution in [0.2, 0.25) is 0 Å². The van der Waals surface area contributed by atoms with Gasteiger partial charge in [0, 0.05) is 25.0 Å². The summed E-state index contributed by atoms with van der Waals surface area (Å²) in [6.07, 6.45) is 1.75. The highest BCUT2D eigenvalue weighted by Crippen LogP contribution is 2.25. The van der Waals surface area contributed by atoms with E-state index in [4.69, 9.17) is 9.84 Å². The van der Waals surface area contributed by atoms with Gasteiger partial charge in [0.15, 0.2) is 0 Å². The molecular formula is C16H23NO4. The molecule has 1 aliphatic rings. The molecule has 0 aromatic heterocycles. The third-order valence-corrected chi connectivity index (χ3v) is 4.06. The second kappa shape index (κ2) is 7.43. The van der Waals surface area contributed by atoms with Crippen molar-refractivity contribution in [2.45, 2.75) is 37.8 Å². The largest absolute Gasteiger partial charge is 0.497 e. The van der Waals surface area contributed by atoms with Gasteiger partial charge in [0.2, 0.25) is 5.91 Å². The first kappa shape index (κ1) is 15.8. The maximum Gasteiger partial charge on any atom is 0.220 e. The van der Waals surface area contributed by atoms with Crippen molar-refractivity contribution in [3.8, 4) is 5.75 Å². The number of benzene rings is 1. The summed E-state index contributed by atoms with van der Waals surface area (Å²) in [6, 6.07) is 7.64. The Labute approximate surface area is 124 Å². The van der Waals surface area contributed by atoms with Crippen LogP contribution in [0.4, 0.5) is 0 Å². The molecule has 0 radical (unpaired) electrons. The summed E-state index contributed by atoms with van der Waals surface area (Å²) >= 11 is 0. The fourth-order valence-corrected chi connectivity index (χ4v) is 2.77. The fourth-order valence-electron chi connectivity index (χ4n) is 2.77. The van der Waals surface area contributed by atoms with E-state index < -0.39 is 6.10 Å². The van der Waals surface area contributed by atoms with E-state index >= 15 is 0 Å². The molecule has 0 saturated heterocycles. The molecule has 1 aromatic rings. The van der Waals surface area contributed by atoms with Gasteiger partial charge in [-0.05, 0) is 37.0 Å². The number of ether oxygens (including phenoxy) is 1. The Morgan fingerprint density at radius 3 is 2.62 bits per heavy atom. The minimum absolute atomic E-state index is 0.0124. The van der Waals surface area contributed by atoms with Crippen LogP contribution in [0, 0.1) is 5.92 Å². The molecule has 1 aromatic carbocycles. The van der Waals surface area contributed by atoms with Crippen molar-refractivity contribution in [1.29, 1.82) is 0 Å². The number of carbonyl (C=O) groups excluding carboxylic acids is 1. The third-order valence-electron chi connectivity index (χ3n) is 4.06. The molecule has 3 atom stereocenters. The number of amides is 1. The van der Waals surface area contributed by atoms with Gasteiger partial charge in [-0.3, -0.25) is 4.79 Å². The van der Waals surface area contributed by atoms with E-state index in [-0.39, 0.29) is 24.5 Å². The Balaban J connectivity index is 1.74. The Morgan fingerprint density at radius 1 is 1.33 bits per heavy atom. The molecule has 0 unspecified atom stereocenters. The van der Waals surface area contributed by atoms with E-state index in [0.717, 1.165) is 11.3 Å². The Morgan fingerprint density at radius 2 is 2.05 bits per heavy atom. The highest BCUT2D eigenvalue weighted by Gasteiger charge is 2.32. The van der Waals surface area contributed by atoms with E-state index in [9.17, 15) is 9.90 Å². The van der Waals surface area contributed by atoms with Crippen LogP contribution >= 0.6 is 0 Å². The van der Waals surface area contributed by atoms with Crippen LogP contribution in [-0.2, 0) is 11.2 Å². The first-order valence-corrected chi connectivity index (χ1v) is 7.33. The molecule has 0 aliphatic heterocycles. The molecule has 1 amide bonds. The molecule has 0 bridgehead atoms. The monoisotopic (exact) mass is 293 g/mol. The molecule has 1 fully saturated rings. The number of aliphatic hydroxyl groups is 2. The number of aryl methyl sites for hydroxylation is 1. The molecule has 3 N–H and O–H groups in total. The van der Waals surface area contributed by atoms with Crippen LogP contribution in [0.3, 0.4) is 0 Å². The lowest BCUT2D eigenvalue weighted by Crippen LogP contribution is -2.33. The number of carbonyl (C=O) groups is 1. The van der Waals surface area contributed by atoms with Crippen LogP contribution in [0.25, 0.3) is 0 Å². The summed E-state index contributed by atoms with van der Waals surface area (Å²) in [5.41, 5.74) is 1.09. The van der Waals surface area contributed by atoms with Crippen molar-refractivity contribution >= 4 is 5.91 Å². The van der Waals surface area contributed by atoms with Crippen LogP contribution < -0.4 is 10.1 Å². The average Bonchev–Trinajstić information content (AvgIpc) is 2.85. The molecule has 5 nitrogen and oxygen atoms in total. The zero-order valence-corrected chi connectivity index (χ0v) is 12.3. The van der Waals surface area contributed by atoms with E-state index in [1.165, 1.54) is 0 Å². The lowest BCUT2D eigenvalue weighted by atomic mass is 10.1. The molecule has 116 valence electrons. The number of nitrogens with one attached hydrogen (secondary N) is 1. The standard InChI is InChI=1S/C16H23NO4/c1-21-14-5-2-11(3-6-14)4-7-16(20)17-13-8-12(10-18)15(19)9-13/h2-3,5-6,12-13,15,18-19H,4,7-10H2,1H3,(H,17,20)/t12-,13-,15-/m0/s1. The van der Waals surface area contributed by atoms with Crippen molar-refractivity contribution < 1.29 is 19.7 Å². The van der Waals surface area contributed by atoms with Gasteiger partial charge in [0.05, 0.1) is 13.2 Å². The molecule has 0 heterocycles. The van der Waals surface area contributed by atoms with E-state index in [1.807, 2.05) is 24.3 Å². The second-order valence-electron chi connectivity index (χ2n) is 5.59. The maximum atomic E-state index is 11.9. The zero-order valence-electron chi connectivity index (χ0n) is 12.3. The van der Waals surface area contributed by atoms with Gasteiger partial charge in [-0.25, -0.2) is 0 Å². The molecule has 0 spiro atoms. The predicted octanol–water partition coefficient (Wildman–Crippen LogP) is 0.876. The van der Waals surface area contributed by atoms with Crippen molar-refractivity contribution in [3.05, 3.63) is 29.8 Å². The summed E-state index contributed by atoms with van der Waals surface area (Å²) in [5, 5.41) is 21.7. The quantitative estimate of drug-likeness (QED) is 0.727. The fraction of sp³-hybridized carbons (Fsp3) is 0.562. The minimum Gasteiger partial charge on any atom is -0.497 e. The molecule has 1 aliphatic carbocycles. The van der Waals surface area contributed by atoms with Crippen LogP contribution in [0.5, 0.6) is 5.75 Å². The summed E-state index contributed by atoms with van der Waals surface area (Å²) in [6.45, 7) is -0.0284. The van der Waals surface area contributed by atoms with Crippen molar-refractivity contribution in [3.63, 3.8) is 0 Å². The minimum atomic E-state index is -0.512. The Kier molecular flexibility index (Phi) is 5.59. The normalized spacial score (nSPS) is 24.8. The maximum absolute atomic E-state index is 11.9. The van der Waals surface area contributed by atoms with E-state index in [2.05, 4.69) is 5.32 Å². The van der Waals surface area contributed by atoms with Crippen molar-refractivity contribution in [2.75, 3.05) is 13.7 Å². The molecule has 1 saturated carbocycles. The molecule has 5 heteroatoms. The lowest BCUT2D eigenvalue weighted by Gasteiger charge is -2.12. The highest BCUT2D eigenvalue weighted by molar-refractivity contribution is 5.76. The third kappa shape index (κ3) is 4.44. The van der Waals surface area contributed by atoms with E-state index in [0.29, 0.717) is 25.7 Å². The first-order chi connectivity index (χ1) is 10.1. The topological polar surface area (TPSA) is 78.8 Å². The lowest BCUT2D eigenvalue weighted by molar-refractivity contribution is -0.121. The van der Waals surface area contributed by atoms with Gasteiger partial charge in [0.1, 0.15) is 5.75 Å². The summed E-state index contributed by atoms with van der Waals surface area (Å²) in [7, 11) is 1.62. The van der Waals surface area contributed by atoms with Gasteiger partial charge >= 0.3 is 0 Å². The zero-order chi connectivity index (χ0) is 15.2. The van der Waals surface area contributed by atoms with Crippen LogP contribution in [0.15, 0.2) is 24.3 Å². The Bertz CT molecular complexity index is 460. The van der Waals surface area contributed by atoms with Gasteiger partial charge in [-0.2, -0.15) is 0 Å². The van der Waals surface area contributed by atoms with Crippen molar-refractivity contribution in [1.82, 2.24) is 5.32 Å². The van der Waals surface area contributed by atoms with Crippen molar-refractivity contribution in [2.24, 2.45) is 5.92 Å². The number of rotatable bonds is 6. The first-order valence-electron chi connectivity index (χ1n) is 7.33. The van der Waals surface area contributed by atoms with Gasteiger partial charge < -0.3 is 20.3 Å². The number of aliphatic hydroxyl groups excluding tert-OH is 2. The van der Waals surface area contributed by atoms with Crippen LogP contribution in [-0.4, -0.2) is 42.0 Å². The summed E-state index contributed by atoms with van der Waals surface area (Å²) in [5.74, 6) is 0.677. The summed E-state index contributed by atoms with van der Waals surface area (Å²) < 4.78 is 5.09. The highest BCUT2D eigenvalue weighted by atomic mass is 16.5. The molecule has 21 heavy (non-hydrogen) atoms. The second-order valence-corrected chi connectivity index (χ2v) is 5.59.